The lowest BCUT2D eigenvalue weighted by Crippen LogP contribution is -2.33. The number of rotatable bonds is 3. The second-order valence-corrected chi connectivity index (χ2v) is 3.15. The molecule has 0 aromatic heterocycles. The number of hydrogen-bond donors (Lipinski definition) is 2. The van der Waals surface area contributed by atoms with Crippen molar-refractivity contribution in [2.45, 2.75) is 18.6 Å². The highest BCUT2D eigenvalue weighted by Crippen LogP contribution is 2.43. The lowest BCUT2D eigenvalue weighted by atomic mass is 10.0. The van der Waals surface area contributed by atoms with Crippen molar-refractivity contribution in [1.29, 1.82) is 0 Å². The summed E-state index contributed by atoms with van der Waals surface area (Å²) >= 11 is 0. The van der Waals surface area contributed by atoms with Gasteiger partial charge in [-0.15, -0.1) is 0 Å². The van der Waals surface area contributed by atoms with Crippen molar-refractivity contribution in [3.63, 3.8) is 0 Å². The van der Waals surface area contributed by atoms with Gasteiger partial charge in [0.25, 0.3) is 0 Å². The number of benzene rings is 1. The maximum absolute atomic E-state index is 12.9. The molecule has 16 heavy (non-hydrogen) atoms. The molecule has 0 aliphatic heterocycles. The average molecular weight is 240 g/mol. The van der Waals surface area contributed by atoms with Gasteiger partial charge in [0.15, 0.2) is 0 Å². The first kappa shape index (κ1) is 12.9. The van der Waals surface area contributed by atoms with Gasteiger partial charge in [-0.25, -0.2) is 0 Å². The number of nitrogens with one attached hydrogen (secondary N) is 1. The highest BCUT2D eigenvalue weighted by molar-refractivity contribution is 5.27. The molecule has 7 heteroatoms. The van der Waals surface area contributed by atoms with Crippen LogP contribution in [0.25, 0.3) is 0 Å². The molecular formula is C9H9F5N2. The molecule has 0 bridgehead atoms. The van der Waals surface area contributed by atoms with Crippen LogP contribution in [0.15, 0.2) is 24.3 Å². The van der Waals surface area contributed by atoms with Gasteiger partial charge in [-0.3, -0.25) is 11.3 Å². The number of hydrazine groups is 1. The lowest BCUT2D eigenvalue weighted by molar-refractivity contribution is -0.289. The zero-order chi connectivity index (χ0) is 12.4. The number of hydrogen-bond acceptors (Lipinski definition) is 2. The van der Waals surface area contributed by atoms with E-state index in [-0.39, 0.29) is 12.1 Å². The number of halogens is 5. The molecule has 0 saturated heterocycles. The summed E-state index contributed by atoms with van der Waals surface area (Å²) in [6.07, 6.45) is -5.60. The standard InChI is InChI=1S/C9H9F5N2/c10-8(11,9(12,13)14)7-3-1-2-6(4-7)5-16-15/h1-4,16H,5,15H2. The minimum absolute atomic E-state index is 0.0157. The second kappa shape index (κ2) is 4.34. The monoisotopic (exact) mass is 240 g/mol. The molecular weight excluding hydrogens is 231 g/mol. The Labute approximate surface area is 88.2 Å². The fourth-order valence-electron chi connectivity index (χ4n) is 1.16. The molecule has 1 rings (SSSR count). The van der Waals surface area contributed by atoms with Gasteiger partial charge in [0.1, 0.15) is 0 Å². The van der Waals surface area contributed by atoms with Gasteiger partial charge in [0, 0.05) is 12.1 Å². The summed E-state index contributed by atoms with van der Waals surface area (Å²) in [4.78, 5) is 0. The molecule has 0 heterocycles. The molecule has 0 saturated carbocycles. The molecule has 0 aliphatic rings. The van der Waals surface area contributed by atoms with E-state index in [0.29, 0.717) is 0 Å². The second-order valence-electron chi connectivity index (χ2n) is 3.15. The summed E-state index contributed by atoms with van der Waals surface area (Å²) in [5.74, 6) is 0.0961. The van der Waals surface area contributed by atoms with Crippen molar-refractivity contribution in [2.24, 2.45) is 5.84 Å². The third kappa shape index (κ3) is 2.48. The van der Waals surface area contributed by atoms with Crippen molar-refractivity contribution < 1.29 is 22.0 Å². The van der Waals surface area contributed by atoms with Gasteiger partial charge in [-0.05, 0) is 11.6 Å². The molecule has 0 amide bonds. The molecule has 3 N–H and O–H groups in total. The lowest BCUT2D eigenvalue weighted by Gasteiger charge is -2.20. The largest absolute Gasteiger partial charge is 0.458 e. The van der Waals surface area contributed by atoms with Crippen molar-refractivity contribution >= 4 is 0 Å². The van der Waals surface area contributed by atoms with Gasteiger partial charge in [-0.1, -0.05) is 18.2 Å². The zero-order valence-corrected chi connectivity index (χ0v) is 7.98. The molecule has 90 valence electrons. The molecule has 0 atom stereocenters. The quantitative estimate of drug-likeness (QED) is 0.483. The van der Waals surface area contributed by atoms with Gasteiger partial charge < -0.3 is 0 Å². The highest BCUT2D eigenvalue weighted by Gasteiger charge is 2.58. The summed E-state index contributed by atoms with van der Waals surface area (Å²) in [6, 6.07) is 4.03. The maximum atomic E-state index is 12.9. The van der Waals surface area contributed by atoms with E-state index in [1.165, 1.54) is 6.07 Å². The predicted octanol–water partition coefficient (Wildman–Crippen LogP) is 2.30. The van der Waals surface area contributed by atoms with Crippen LogP contribution in [-0.4, -0.2) is 6.18 Å². The normalized spacial score (nSPS) is 12.9. The van der Waals surface area contributed by atoms with E-state index in [4.69, 9.17) is 5.84 Å². The summed E-state index contributed by atoms with van der Waals surface area (Å²) in [7, 11) is 0. The Hall–Kier alpha value is -1.21. The van der Waals surface area contributed by atoms with Crippen LogP contribution in [0.3, 0.4) is 0 Å². The molecule has 0 unspecified atom stereocenters. The number of alkyl halides is 5. The summed E-state index contributed by atoms with van der Waals surface area (Å²) < 4.78 is 62.0. The van der Waals surface area contributed by atoms with Crippen molar-refractivity contribution in [1.82, 2.24) is 5.43 Å². The van der Waals surface area contributed by atoms with Crippen LogP contribution in [0.1, 0.15) is 11.1 Å². The van der Waals surface area contributed by atoms with Crippen LogP contribution in [0.5, 0.6) is 0 Å². The molecule has 0 spiro atoms. The van der Waals surface area contributed by atoms with Gasteiger partial charge in [0.05, 0.1) is 0 Å². The molecule has 0 fully saturated rings. The Morgan fingerprint density at radius 2 is 1.75 bits per heavy atom. The Morgan fingerprint density at radius 3 is 2.25 bits per heavy atom. The van der Waals surface area contributed by atoms with Crippen LogP contribution in [0.4, 0.5) is 22.0 Å². The first-order valence-electron chi connectivity index (χ1n) is 4.26. The van der Waals surface area contributed by atoms with E-state index in [2.05, 4.69) is 5.43 Å². The highest BCUT2D eigenvalue weighted by atomic mass is 19.4. The third-order valence-electron chi connectivity index (χ3n) is 1.95. The fraction of sp³-hybridized carbons (Fsp3) is 0.333. The van der Waals surface area contributed by atoms with Crippen LogP contribution in [-0.2, 0) is 12.5 Å². The van der Waals surface area contributed by atoms with Crippen LogP contribution >= 0.6 is 0 Å². The van der Waals surface area contributed by atoms with Crippen molar-refractivity contribution in [3.8, 4) is 0 Å². The smallest absolute Gasteiger partial charge is 0.271 e. The molecule has 0 radical (unpaired) electrons. The Morgan fingerprint density at radius 1 is 1.12 bits per heavy atom. The molecule has 1 aromatic carbocycles. The molecule has 2 nitrogen and oxygen atoms in total. The van der Waals surface area contributed by atoms with E-state index in [0.717, 1.165) is 18.2 Å². The molecule has 1 aromatic rings. The molecule has 0 aliphatic carbocycles. The van der Waals surface area contributed by atoms with E-state index in [1.807, 2.05) is 0 Å². The first-order chi connectivity index (χ1) is 7.29. The Balaban J connectivity index is 3.08. The van der Waals surface area contributed by atoms with Crippen molar-refractivity contribution in [2.75, 3.05) is 0 Å². The van der Waals surface area contributed by atoms with Crippen LogP contribution in [0.2, 0.25) is 0 Å². The topological polar surface area (TPSA) is 38.0 Å². The van der Waals surface area contributed by atoms with Crippen LogP contribution < -0.4 is 11.3 Å². The van der Waals surface area contributed by atoms with E-state index >= 15 is 0 Å². The first-order valence-corrected chi connectivity index (χ1v) is 4.26. The zero-order valence-electron chi connectivity index (χ0n) is 7.98. The summed E-state index contributed by atoms with van der Waals surface area (Å²) in [6.45, 7) is 0.0157. The van der Waals surface area contributed by atoms with E-state index in [1.54, 1.807) is 0 Å². The van der Waals surface area contributed by atoms with Gasteiger partial charge in [0.2, 0.25) is 0 Å². The van der Waals surface area contributed by atoms with Gasteiger partial charge >= 0.3 is 12.1 Å². The minimum Gasteiger partial charge on any atom is -0.271 e. The Bertz CT molecular complexity index is 361. The van der Waals surface area contributed by atoms with Gasteiger partial charge in [-0.2, -0.15) is 22.0 Å². The van der Waals surface area contributed by atoms with Crippen molar-refractivity contribution in [3.05, 3.63) is 35.4 Å². The summed E-state index contributed by atoms with van der Waals surface area (Å²) in [5.41, 5.74) is 1.34. The third-order valence-corrected chi connectivity index (χ3v) is 1.95. The predicted molar refractivity (Wildman–Crippen MR) is 47.4 cm³/mol. The summed E-state index contributed by atoms with van der Waals surface area (Å²) in [5, 5.41) is 0. The number of nitrogens with two attached hydrogens (primary N) is 1. The Kier molecular flexibility index (Phi) is 3.49. The minimum atomic E-state index is -5.60. The average Bonchev–Trinajstić information content (AvgIpc) is 2.17. The maximum Gasteiger partial charge on any atom is 0.458 e. The van der Waals surface area contributed by atoms with Crippen LogP contribution in [0, 0.1) is 0 Å². The fourth-order valence-corrected chi connectivity index (χ4v) is 1.16. The van der Waals surface area contributed by atoms with E-state index in [9.17, 15) is 22.0 Å². The SMILES string of the molecule is NNCc1cccc(C(F)(F)C(F)(F)F)c1. The van der Waals surface area contributed by atoms with E-state index < -0.39 is 17.7 Å².